The van der Waals surface area contributed by atoms with Gasteiger partial charge in [0.25, 0.3) is 11.8 Å². The van der Waals surface area contributed by atoms with Crippen LogP contribution in [-0.2, 0) is 0 Å². The first-order valence-corrected chi connectivity index (χ1v) is 12.0. The molecule has 188 valence electrons. The van der Waals surface area contributed by atoms with Gasteiger partial charge in [0, 0.05) is 17.1 Å². The molecule has 1 aliphatic carbocycles. The SMILES string of the molecule is NC(=O)c1cc(F)c(NC2CCCC[C@@H]2N)nc1Nc1cncc(NC(=O)c2ccc(Cl)cc2Cl)c1. The molecule has 1 unspecified atom stereocenters. The number of rotatable bonds is 7. The Bertz CT molecular complexity index is 1310. The second-order valence-corrected chi connectivity index (χ2v) is 9.29. The molecule has 9 nitrogen and oxygen atoms in total. The molecule has 0 saturated heterocycles. The van der Waals surface area contributed by atoms with E-state index in [-0.39, 0.29) is 39.9 Å². The summed E-state index contributed by atoms with van der Waals surface area (Å²) in [5, 5.41) is 9.29. The lowest BCUT2D eigenvalue weighted by atomic mass is 9.91. The number of aromatic nitrogens is 2. The molecule has 1 aromatic carbocycles. The molecule has 0 aliphatic heterocycles. The highest BCUT2D eigenvalue weighted by Gasteiger charge is 2.24. The molecule has 12 heteroatoms. The monoisotopic (exact) mass is 531 g/mol. The average Bonchev–Trinajstić information content (AvgIpc) is 2.82. The van der Waals surface area contributed by atoms with Crippen LogP contribution >= 0.6 is 23.2 Å². The van der Waals surface area contributed by atoms with Crippen LogP contribution in [-0.4, -0.2) is 33.9 Å². The summed E-state index contributed by atoms with van der Waals surface area (Å²) < 4.78 is 14.8. The van der Waals surface area contributed by atoms with E-state index >= 15 is 0 Å². The third-order valence-corrected chi connectivity index (χ3v) is 6.37. The number of pyridine rings is 2. The van der Waals surface area contributed by atoms with E-state index < -0.39 is 17.6 Å². The third-order valence-electron chi connectivity index (χ3n) is 5.82. The predicted molar refractivity (Wildman–Crippen MR) is 139 cm³/mol. The van der Waals surface area contributed by atoms with Gasteiger partial charge in [0.2, 0.25) is 0 Å². The van der Waals surface area contributed by atoms with Crippen LogP contribution in [0.2, 0.25) is 10.0 Å². The number of amides is 2. The minimum Gasteiger partial charge on any atom is -0.365 e. The van der Waals surface area contributed by atoms with Gasteiger partial charge in [-0.25, -0.2) is 9.37 Å². The number of nitrogens with two attached hydrogens (primary N) is 2. The van der Waals surface area contributed by atoms with Crippen molar-refractivity contribution in [3.05, 3.63) is 69.7 Å². The fraction of sp³-hybridized carbons (Fsp3) is 0.250. The van der Waals surface area contributed by atoms with E-state index in [2.05, 4.69) is 25.9 Å². The van der Waals surface area contributed by atoms with Gasteiger partial charge in [0.1, 0.15) is 5.82 Å². The summed E-state index contributed by atoms with van der Waals surface area (Å²) in [4.78, 5) is 33.0. The molecular weight excluding hydrogens is 508 g/mol. The van der Waals surface area contributed by atoms with E-state index in [0.717, 1.165) is 31.7 Å². The number of carbonyl (C=O) groups is 2. The molecule has 4 rings (SSSR count). The molecule has 2 aromatic heterocycles. The fourth-order valence-electron chi connectivity index (χ4n) is 3.97. The zero-order valence-corrected chi connectivity index (χ0v) is 20.5. The Hall–Kier alpha value is -3.47. The van der Waals surface area contributed by atoms with Gasteiger partial charge in [-0.05, 0) is 43.2 Å². The highest BCUT2D eigenvalue weighted by molar-refractivity contribution is 6.37. The molecule has 36 heavy (non-hydrogen) atoms. The molecule has 3 aromatic rings. The summed E-state index contributed by atoms with van der Waals surface area (Å²) in [5.41, 5.74) is 12.4. The lowest BCUT2D eigenvalue weighted by molar-refractivity contribution is 0.0997. The normalized spacial score (nSPS) is 17.3. The van der Waals surface area contributed by atoms with Crippen LogP contribution in [0.3, 0.4) is 0 Å². The minimum absolute atomic E-state index is 0.0294. The van der Waals surface area contributed by atoms with Gasteiger partial charge in [-0.2, -0.15) is 0 Å². The van der Waals surface area contributed by atoms with Crippen molar-refractivity contribution < 1.29 is 14.0 Å². The zero-order chi connectivity index (χ0) is 25.8. The number of primary amides is 1. The maximum Gasteiger partial charge on any atom is 0.257 e. The summed E-state index contributed by atoms with van der Waals surface area (Å²) >= 11 is 12.0. The quantitative estimate of drug-likeness (QED) is 0.296. The van der Waals surface area contributed by atoms with Crippen LogP contribution < -0.4 is 27.4 Å². The second kappa shape index (κ2) is 11.1. The van der Waals surface area contributed by atoms with Crippen LogP contribution in [0.5, 0.6) is 0 Å². The molecular formula is C24H24Cl2FN7O2. The summed E-state index contributed by atoms with van der Waals surface area (Å²) in [6.45, 7) is 0. The fourth-order valence-corrected chi connectivity index (χ4v) is 4.47. The van der Waals surface area contributed by atoms with Crippen molar-refractivity contribution in [1.82, 2.24) is 9.97 Å². The standard InChI is InChI=1S/C24H24Cl2FN7O2/c25-12-5-6-15(17(26)7-12)24(36)32-14-8-13(10-30-11-14)31-22-16(21(29)35)9-18(27)23(34-22)33-20-4-2-1-3-19(20)28/h5-11,19-20H,1-4,28H2,(H2,29,35)(H,32,36)(H2,31,33,34)/t19-,20?/m0/s1. The lowest BCUT2D eigenvalue weighted by Gasteiger charge is -2.30. The maximum absolute atomic E-state index is 14.8. The lowest BCUT2D eigenvalue weighted by Crippen LogP contribution is -2.43. The number of halogens is 3. The first kappa shape index (κ1) is 25.6. The molecule has 0 bridgehead atoms. The zero-order valence-electron chi connectivity index (χ0n) is 19.0. The molecule has 7 N–H and O–H groups in total. The number of nitrogens with zero attached hydrogens (tertiary/aromatic N) is 2. The topological polar surface area (TPSA) is 148 Å². The number of carbonyl (C=O) groups excluding carboxylic acids is 2. The van der Waals surface area contributed by atoms with Crippen molar-refractivity contribution in [2.75, 3.05) is 16.0 Å². The number of hydrogen-bond donors (Lipinski definition) is 5. The van der Waals surface area contributed by atoms with Crippen LogP contribution in [0.1, 0.15) is 46.4 Å². The molecule has 2 heterocycles. The van der Waals surface area contributed by atoms with Gasteiger partial charge >= 0.3 is 0 Å². The summed E-state index contributed by atoms with van der Waals surface area (Å²) in [6.07, 6.45) is 6.49. The predicted octanol–water partition coefficient (Wildman–Crippen LogP) is 4.70. The largest absolute Gasteiger partial charge is 0.365 e. The van der Waals surface area contributed by atoms with Gasteiger partial charge in [-0.3, -0.25) is 14.6 Å². The van der Waals surface area contributed by atoms with E-state index in [1.54, 1.807) is 12.1 Å². The molecule has 2 atom stereocenters. The van der Waals surface area contributed by atoms with E-state index in [9.17, 15) is 14.0 Å². The summed E-state index contributed by atoms with van der Waals surface area (Å²) in [6, 6.07) is 6.83. The molecule has 0 radical (unpaired) electrons. The van der Waals surface area contributed by atoms with Gasteiger partial charge in [-0.1, -0.05) is 36.0 Å². The van der Waals surface area contributed by atoms with Crippen molar-refractivity contribution in [2.24, 2.45) is 11.5 Å². The van der Waals surface area contributed by atoms with Crippen LogP contribution in [0.15, 0.2) is 42.7 Å². The number of benzene rings is 1. The van der Waals surface area contributed by atoms with Crippen LogP contribution in [0, 0.1) is 5.82 Å². The molecule has 0 spiro atoms. The molecule has 1 fully saturated rings. The Morgan fingerprint density at radius 3 is 2.47 bits per heavy atom. The van der Waals surface area contributed by atoms with Crippen LogP contribution in [0.4, 0.5) is 27.4 Å². The third kappa shape index (κ3) is 6.01. The van der Waals surface area contributed by atoms with Gasteiger partial charge < -0.3 is 27.4 Å². The Morgan fingerprint density at radius 1 is 1.00 bits per heavy atom. The Labute approximate surface area is 216 Å². The van der Waals surface area contributed by atoms with Crippen molar-refractivity contribution in [3.8, 4) is 0 Å². The van der Waals surface area contributed by atoms with Crippen molar-refractivity contribution in [1.29, 1.82) is 0 Å². The summed E-state index contributed by atoms with van der Waals surface area (Å²) in [7, 11) is 0. The second-order valence-electron chi connectivity index (χ2n) is 8.44. The molecule has 2 amide bonds. The maximum atomic E-state index is 14.8. The van der Waals surface area contributed by atoms with E-state index in [1.807, 2.05) is 0 Å². The average molecular weight is 532 g/mol. The molecule has 1 saturated carbocycles. The first-order chi connectivity index (χ1) is 17.2. The van der Waals surface area contributed by atoms with Crippen LogP contribution in [0.25, 0.3) is 0 Å². The van der Waals surface area contributed by atoms with Crippen molar-refractivity contribution in [2.45, 2.75) is 37.8 Å². The summed E-state index contributed by atoms with van der Waals surface area (Å²) in [5.74, 6) is -2.06. The van der Waals surface area contributed by atoms with Gasteiger partial charge in [-0.15, -0.1) is 0 Å². The number of nitrogens with one attached hydrogen (secondary N) is 3. The number of hydrogen-bond acceptors (Lipinski definition) is 7. The Morgan fingerprint density at radius 2 is 1.75 bits per heavy atom. The van der Waals surface area contributed by atoms with Crippen molar-refractivity contribution >= 4 is 58.0 Å². The smallest absolute Gasteiger partial charge is 0.257 e. The minimum atomic E-state index is -0.861. The first-order valence-electron chi connectivity index (χ1n) is 11.2. The molecule has 1 aliphatic rings. The highest BCUT2D eigenvalue weighted by atomic mass is 35.5. The van der Waals surface area contributed by atoms with E-state index in [0.29, 0.717) is 16.4 Å². The Kier molecular flexibility index (Phi) is 7.88. The Balaban J connectivity index is 1.57. The van der Waals surface area contributed by atoms with E-state index in [4.69, 9.17) is 34.7 Å². The van der Waals surface area contributed by atoms with E-state index in [1.165, 1.54) is 24.5 Å². The van der Waals surface area contributed by atoms with Crippen molar-refractivity contribution in [3.63, 3.8) is 0 Å². The number of anilines is 4. The highest BCUT2D eigenvalue weighted by Crippen LogP contribution is 2.28. The van der Waals surface area contributed by atoms with Gasteiger partial charge in [0.05, 0.1) is 39.9 Å². The van der Waals surface area contributed by atoms with Gasteiger partial charge in [0.15, 0.2) is 11.6 Å².